The Kier molecular flexibility index (Phi) is 11.0. The van der Waals surface area contributed by atoms with Crippen molar-refractivity contribution < 1.29 is 39.0 Å². The topological polar surface area (TPSA) is 107 Å². The Labute approximate surface area is 333 Å². The number of fused-ring (bicyclic) bond motifs is 3. The highest BCUT2D eigenvalue weighted by Gasteiger charge is 2.78. The third-order valence-electron chi connectivity index (χ3n) is 12.1. The molecule has 8 nitrogen and oxygen atoms in total. The smallest absolute Gasteiger partial charge is 0.161 e. The number of aliphatic hydroxyl groups excluding tert-OH is 2. The normalized spacial score (nSPS) is 26.9. The van der Waals surface area contributed by atoms with Gasteiger partial charge in [-0.3, -0.25) is 0 Å². The zero-order valence-corrected chi connectivity index (χ0v) is 32.5. The van der Waals surface area contributed by atoms with Crippen LogP contribution in [-0.4, -0.2) is 64.7 Å². The molecule has 1 aliphatic heterocycles. The molecule has 0 spiro atoms. The average Bonchev–Trinajstić information content (AvgIpc) is 3.39. The van der Waals surface area contributed by atoms with Crippen molar-refractivity contribution in [2.75, 3.05) is 13.2 Å². The van der Waals surface area contributed by atoms with Crippen LogP contribution in [0, 0.1) is 5.41 Å². The molecular weight excluding hydrogens is 728 g/mol. The van der Waals surface area contributed by atoms with Crippen molar-refractivity contribution in [1.82, 2.24) is 0 Å². The second-order valence-corrected chi connectivity index (χ2v) is 16.2. The lowest BCUT2D eigenvalue weighted by atomic mass is 9.54. The maximum Gasteiger partial charge on any atom is 0.161 e. The van der Waals surface area contributed by atoms with Gasteiger partial charge in [-0.05, 0) is 78.3 Å². The monoisotopic (exact) mass is 776 g/mol. The molecule has 56 heavy (non-hydrogen) atoms. The van der Waals surface area contributed by atoms with Crippen LogP contribution < -0.4 is 9.47 Å². The molecule has 5 aromatic rings. The SMILES string of the molecule is CC(C)(O)[C@@]12CC(O)[C@@](c3ccc(Cl)c(Cc4ccc5c(c4)OCCO5)c3)(C1O)[C@@H](OCc1ccccc1)[C@H](OCc1ccccc1)[C@H]2OCc1ccccc1. The summed E-state index contributed by atoms with van der Waals surface area (Å²) in [6, 6.07) is 41.0. The van der Waals surface area contributed by atoms with Crippen molar-refractivity contribution >= 4 is 11.6 Å². The molecule has 2 unspecified atom stereocenters. The molecule has 8 rings (SSSR count). The summed E-state index contributed by atoms with van der Waals surface area (Å²) in [5.41, 5.74) is 0.749. The van der Waals surface area contributed by atoms with Gasteiger partial charge in [0.2, 0.25) is 0 Å². The number of hydrogen-bond donors (Lipinski definition) is 3. The van der Waals surface area contributed by atoms with Gasteiger partial charge in [-0.25, -0.2) is 0 Å². The maximum absolute atomic E-state index is 13.2. The quantitative estimate of drug-likeness (QED) is 0.112. The lowest BCUT2D eigenvalue weighted by molar-refractivity contribution is -0.288. The van der Waals surface area contributed by atoms with Gasteiger partial charge in [0.15, 0.2) is 11.5 Å². The first-order valence-electron chi connectivity index (χ1n) is 19.3. The summed E-state index contributed by atoms with van der Waals surface area (Å²) in [7, 11) is 0. The largest absolute Gasteiger partial charge is 0.486 e. The van der Waals surface area contributed by atoms with Gasteiger partial charge in [0.05, 0.1) is 54.6 Å². The third kappa shape index (κ3) is 7.02. The maximum atomic E-state index is 13.2. The van der Waals surface area contributed by atoms with Gasteiger partial charge in [0, 0.05) is 5.02 Å². The minimum Gasteiger partial charge on any atom is -0.486 e. The summed E-state index contributed by atoms with van der Waals surface area (Å²) in [5, 5.41) is 38.8. The van der Waals surface area contributed by atoms with Crippen LogP contribution in [0.15, 0.2) is 127 Å². The van der Waals surface area contributed by atoms with E-state index in [1.807, 2.05) is 127 Å². The lowest BCUT2D eigenvalue weighted by Crippen LogP contribution is -2.74. The van der Waals surface area contributed by atoms with Crippen LogP contribution in [0.3, 0.4) is 0 Å². The molecular formula is C47H49ClO8. The lowest BCUT2D eigenvalue weighted by Gasteiger charge is -2.59. The first-order chi connectivity index (χ1) is 27.1. The summed E-state index contributed by atoms with van der Waals surface area (Å²) in [6.07, 6.45) is -4.75. The van der Waals surface area contributed by atoms with Crippen molar-refractivity contribution in [2.45, 2.75) is 88.0 Å². The van der Waals surface area contributed by atoms with Crippen LogP contribution in [-0.2, 0) is 45.9 Å². The molecule has 2 saturated carbocycles. The Balaban J connectivity index is 1.27. The van der Waals surface area contributed by atoms with Crippen molar-refractivity contribution in [3.05, 3.63) is 166 Å². The summed E-state index contributed by atoms with van der Waals surface area (Å²) in [5.74, 6) is 1.38. The van der Waals surface area contributed by atoms with E-state index in [9.17, 15) is 15.3 Å². The molecule has 5 aromatic carbocycles. The predicted octanol–water partition coefficient (Wildman–Crippen LogP) is 7.59. The first-order valence-corrected chi connectivity index (χ1v) is 19.7. The minimum absolute atomic E-state index is 0.0215. The molecule has 1 heterocycles. The summed E-state index contributed by atoms with van der Waals surface area (Å²) in [6.45, 7) is 4.93. The zero-order valence-electron chi connectivity index (χ0n) is 31.7. The molecule has 2 aliphatic carbocycles. The third-order valence-corrected chi connectivity index (χ3v) is 12.5. The molecule has 292 valence electrons. The average molecular weight is 777 g/mol. The van der Waals surface area contributed by atoms with Crippen LogP contribution in [0.4, 0.5) is 0 Å². The van der Waals surface area contributed by atoms with Crippen LogP contribution >= 0.6 is 11.6 Å². The Morgan fingerprint density at radius 2 is 1.21 bits per heavy atom. The fourth-order valence-electron chi connectivity index (χ4n) is 9.33. The molecule has 0 aromatic heterocycles. The van der Waals surface area contributed by atoms with Gasteiger partial charge in [0.25, 0.3) is 0 Å². The van der Waals surface area contributed by atoms with E-state index < -0.39 is 47.0 Å². The first kappa shape index (κ1) is 38.6. The fraction of sp³-hybridized carbons (Fsp3) is 0.362. The molecule has 2 fully saturated rings. The zero-order chi connectivity index (χ0) is 38.9. The van der Waals surface area contributed by atoms with Gasteiger partial charge in [-0.2, -0.15) is 0 Å². The van der Waals surface area contributed by atoms with E-state index in [1.165, 1.54) is 0 Å². The standard InChI is InChI=1S/C47H49ClO8/c1-45(2,51)46-27-40(49)47(44(46)50,36-19-20-37(48)35(26-36)24-34-18-21-38-39(25-34)53-23-22-52-38)43(56-30-33-16-10-5-11-17-33)41(54-28-31-12-6-3-7-13-31)42(46)55-29-32-14-8-4-9-15-32/h3-21,25-26,40-44,49-51H,22-24,27-30H2,1-2H3/t40?,41-,42-,43+,44?,46-,47-/m1/s1. The molecule has 0 amide bonds. The van der Waals surface area contributed by atoms with E-state index >= 15 is 0 Å². The van der Waals surface area contributed by atoms with Crippen molar-refractivity contribution in [3.8, 4) is 11.5 Å². The van der Waals surface area contributed by atoms with Gasteiger partial charge in [-0.1, -0.05) is 121 Å². The highest BCUT2D eigenvalue weighted by molar-refractivity contribution is 6.31. The molecule has 0 radical (unpaired) electrons. The molecule has 7 atom stereocenters. The van der Waals surface area contributed by atoms with E-state index in [0.29, 0.717) is 41.7 Å². The Bertz CT molecular complexity index is 2090. The van der Waals surface area contributed by atoms with Gasteiger partial charge in [0.1, 0.15) is 25.4 Å². The Hall–Kier alpha value is -4.25. The van der Waals surface area contributed by atoms with Crippen molar-refractivity contribution in [3.63, 3.8) is 0 Å². The van der Waals surface area contributed by atoms with Gasteiger partial charge < -0.3 is 39.0 Å². The van der Waals surface area contributed by atoms with Crippen molar-refractivity contribution in [2.24, 2.45) is 5.41 Å². The molecule has 2 bridgehead atoms. The van der Waals surface area contributed by atoms with Crippen LogP contribution in [0.1, 0.15) is 53.6 Å². The number of halogens is 1. The molecule has 3 N–H and O–H groups in total. The summed E-state index contributed by atoms with van der Waals surface area (Å²) < 4.78 is 32.5. The fourth-order valence-corrected chi connectivity index (χ4v) is 9.52. The summed E-state index contributed by atoms with van der Waals surface area (Å²) in [4.78, 5) is 0. The second-order valence-electron chi connectivity index (χ2n) is 15.8. The number of ether oxygens (including phenoxy) is 5. The Morgan fingerprint density at radius 1 is 0.661 bits per heavy atom. The highest BCUT2D eigenvalue weighted by atomic mass is 35.5. The van der Waals surface area contributed by atoms with Crippen molar-refractivity contribution in [1.29, 1.82) is 0 Å². The van der Waals surface area contributed by atoms with E-state index in [2.05, 4.69) is 0 Å². The van der Waals surface area contributed by atoms with Crippen LogP contribution in [0.2, 0.25) is 5.02 Å². The minimum atomic E-state index is -1.55. The second kappa shape index (κ2) is 15.9. The van der Waals surface area contributed by atoms with Gasteiger partial charge >= 0.3 is 0 Å². The molecule has 3 aliphatic rings. The van der Waals surface area contributed by atoms with E-state index in [-0.39, 0.29) is 26.2 Å². The molecule has 0 saturated heterocycles. The summed E-state index contributed by atoms with van der Waals surface area (Å²) >= 11 is 6.95. The van der Waals surface area contributed by atoms with Crippen LogP contribution in [0.5, 0.6) is 11.5 Å². The van der Waals surface area contributed by atoms with E-state index in [1.54, 1.807) is 13.8 Å². The molecule has 9 heteroatoms. The number of rotatable bonds is 13. The van der Waals surface area contributed by atoms with E-state index in [4.69, 9.17) is 35.3 Å². The highest BCUT2D eigenvalue weighted by Crippen LogP contribution is 2.65. The number of aliphatic hydroxyl groups is 3. The predicted molar refractivity (Wildman–Crippen MR) is 214 cm³/mol. The number of benzene rings is 5. The van der Waals surface area contributed by atoms with E-state index in [0.717, 1.165) is 27.8 Å². The Morgan fingerprint density at radius 3 is 1.80 bits per heavy atom. The number of hydrogen-bond acceptors (Lipinski definition) is 8. The van der Waals surface area contributed by atoms with Gasteiger partial charge in [-0.15, -0.1) is 0 Å². The van der Waals surface area contributed by atoms with Crippen LogP contribution in [0.25, 0.3) is 0 Å².